The molecule has 1 rings (SSSR count). The summed E-state index contributed by atoms with van der Waals surface area (Å²) in [4.78, 5) is 0. The van der Waals surface area contributed by atoms with Crippen LogP contribution in [0.3, 0.4) is 0 Å². The minimum absolute atomic E-state index is 0.0226. The lowest BCUT2D eigenvalue weighted by Gasteiger charge is -2.15. The molecule has 0 radical (unpaired) electrons. The van der Waals surface area contributed by atoms with E-state index in [-0.39, 0.29) is 11.7 Å². The van der Waals surface area contributed by atoms with E-state index in [0.29, 0.717) is 10.2 Å². The number of hydrogen-bond acceptors (Lipinski definition) is 2. The fourth-order valence-electron chi connectivity index (χ4n) is 1.40. The minimum Gasteiger partial charge on any atom is -0.489 e. The third kappa shape index (κ3) is 3.21. The van der Waals surface area contributed by atoms with Crippen molar-refractivity contribution in [2.45, 2.75) is 32.8 Å². The zero-order chi connectivity index (χ0) is 12.1. The molecular formula is C12H13BrFNO. The van der Waals surface area contributed by atoms with Crippen LogP contribution >= 0.6 is 15.9 Å². The second-order valence-electron chi connectivity index (χ2n) is 3.59. The van der Waals surface area contributed by atoms with Crippen molar-refractivity contribution in [3.8, 4) is 11.8 Å². The van der Waals surface area contributed by atoms with Gasteiger partial charge in [-0.2, -0.15) is 5.26 Å². The Morgan fingerprint density at radius 1 is 1.56 bits per heavy atom. The normalized spacial score (nSPS) is 11.9. The summed E-state index contributed by atoms with van der Waals surface area (Å²) in [5.41, 5.74) is 0.226. The SMILES string of the molecule is CCCC(C)Oc1cc(Br)c(F)cc1C#N. The number of rotatable bonds is 4. The van der Waals surface area contributed by atoms with Gasteiger partial charge >= 0.3 is 0 Å². The third-order valence-corrected chi connectivity index (χ3v) is 2.77. The lowest BCUT2D eigenvalue weighted by atomic mass is 10.2. The Kier molecular flexibility index (Phi) is 4.75. The lowest BCUT2D eigenvalue weighted by molar-refractivity contribution is 0.209. The molecular weight excluding hydrogens is 273 g/mol. The Labute approximate surface area is 103 Å². The summed E-state index contributed by atoms with van der Waals surface area (Å²) in [6, 6.07) is 4.60. The van der Waals surface area contributed by atoms with Gasteiger partial charge in [-0.15, -0.1) is 0 Å². The molecule has 0 bridgehead atoms. The van der Waals surface area contributed by atoms with Gasteiger partial charge in [-0.3, -0.25) is 0 Å². The summed E-state index contributed by atoms with van der Waals surface area (Å²) in [5, 5.41) is 8.86. The van der Waals surface area contributed by atoms with Crippen LogP contribution in [0.1, 0.15) is 32.3 Å². The molecule has 0 aliphatic carbocycles. The molecule has 86 valence electrons. The van der Waals surface area contributed by atoms with Crippen molar-refractivity contribution in [2.75, 3.05) is 0 Å². The number of nitriles is 1. The van der Waals surface area contributed by atoms with Crippen LogP contribution in [0.2, 0.25) is 0 Å². The smallest absolute Gasteiger partial charge is 0.138 e. The van der Waals surface area contributed by atoms with E-state index in [0.717, 1.165) is 12.8 Å². The number of hydrogen-bond donors (Lipinski definition) is 0. The molecule has 0 saturated carbocycles. The van der Waals surface area contributed by atoms with Gasteiger partial charge in [-0.05, 0) is 41.4 Å². The molecule has 4 heteroatoms. The molecule has 0 N–H and O–H groups in total. The largest absolute Gasteiger partial charge is 0.489 e. The highest BCUT2D eigenvalue weighted by molar-refractivity contribution is 9.10. The molecule has 0 aliphatic heterocycles. The molecule has 0 aliphatic rings. The van der Waals surface area contributed by atoms with Crippen molar-refractivity contribution < 1.29 is 9.13 Å². The average Bonchev–Trinajstić information content (AvgIpc) is 2.23. The van der Waals surface area contributed by atoms with Crippen LogP contribution in [-0.2, 0) is 0 Å². The molecule has 2 nitrogen and oxygen atoms in total. The quantitative estimate of drug-likeness (QED) is 0.837. The zero-order valence-electron chi connectivity index (χ0n) is 9.26. The maximum absolute atomic E-state index is 13.2. The highest BCUT2D eigenvalue weighted by Gasteiger charge is 2.11. The first-order chi connectivity index (χ1) is 7.58. The molecule has 0 fully saturated rings. The predicted octanol–water partition coefficient (Wildman–Crippen LogP) is 4.03. The topological polar surface area (TPSA) is 33.0 Å². The summed E-state index contributed by atoms with van der Waals surface area (Å²) in [6.45, 7) is 3.99. The monoisotopic (exact) mass is 285 g/mol. The molecule has 0 saturated heterocycles. The number of halogens is 2. The lowest BCUT2D eigenvalue weighted by Crippen LogP contribution is -2.12. The molecule has 1 aromatic carbocycles. The van der Waals surface area contributed by atoms with E-state index < -0.39 is 5.82 Å². The van der Waals surface area contributed by atoms with Crippen molar-refractivity contribution in [3.63, 3.8) is 0 Å². The number of benzene rings is 1. The van der Waals surface area contributed by atoms with Crippen molar-refractivity contribution in [1.29, 1.82) is 5.26 Å². The summed E-state index contributed by atoms with van der Waals surface area (Å²) in [7, 11) is 0. The molecule has 0 aromatic heterocycles. The maximum Gasteiger partial charge on any atom is 0.138 e. The molecule has 0 heterocycles. The van der Waals surface area contributed by atoms with Gasteiger partial charge in [0.1, 0.15) is 17.6 Å². The van der Waals surface area contributed by atoms with Gasteiger partial charge in [-0.25, -0.2) is 4.39 Å². The van der Waals surface area contributed by atoms with E-state index in [9.17, 15) is 4.39 Å². The van der Waals surface area contributed by atoms with Gasteiger partial charge in [0.25, 0.3) is 0 Å². The van der Waals surface area contributed by atoms with Crippen LogP contribution in [-0.4, -0.2) is 6.10 Å². The van der Waals surface area contributed by atoms with Gasteiger partial charge in [-0.1, -0.05) is 13.3 Å². The highest BCUT2D eigenvalue weighted by Crippen LogP contribution is 2.27. The van der Waals surface area contributed by atoms with E-state index in [4.69, 9.17) is 10.00 Å². The minimum atomic E-state index is -0.452. The molecule has 1 aromatic rings. The molecule has 16 heavy (non-hydrogen) atoms. The van der Waals surface area contributed by atoms with E-state index in [1.807, 2.05) is 13.0 Å². The van der Waals surface area contributed by atoms with Gasteiger partial charge in [0.2, 0.25) is 0 Å². The second kappa shape index (κ2) is 5.86. The Bertz CT molecular complexity index is 414. The Morgan fingerprint density at radius 3 is 2.81 bits per heavy atom. The van der Waals surface area contributed by atoms with Crippen LogP contribution in [0.5, 0.6) is 5.75 Å². The Hall–Kier alpha value is -1.08. The van der Waals surface area contributed by atoms with Crippen LogP contribution < -0.4 is 4.74 Å². The Balaban J connectivity index is 2.95. The zero-order valence-corrected chi connectivity index (χ0v) is 10.8. The number of nitrogens with zero attached hydrogens (tertiary/aromatic N) is 1. The molecule has 0 amide bonds. The molecule has 1 atom stereocenters. The first-order valence-electron chi connectivity index (χ1n) is 5.14. The van der Waals surface area contributed by atoms with Gasteiger partial charge in [0.15, 0.2) is 0 Å². The van der Waals surface area contributed by atoms with Crippen LogP contribution in [0.15, 0.2) is 16.6 Å². The van der Waals surface area contributed by atoms with Crippen molar-refractivity contribution in [2.24, 2.45) is 0 Å². The fraction of sp³-hybridized carbons (Fsp3) is 0.417. The van der Waals surface area contributed by atoms with Crippen LogP contribution in [0.4, 0.5) is 4.39 Å². The van der Waals surface area contributed by atoms with Crippen molar-refractivity contribution >= 4 is 15.9 Å². The van der Waals surface area contributed by atoms with Crippen molar-refractivity contribution in [1.82, 2.24) is 0 Å². The third-order valence-electron chi connectivity index (χ3n) is 2.17. The fourth-order valence-corrected chi connectivity index (χ4v) is 1.72. The molecule has 0 spiro atoms. The first-order valence-corrected chi connectivity index (χ1v) is 5.93. The summed E-state index contributed by atoms with van der Waals surface area (Å²) in [6.07, 6.45) is 1.93. The van der Waals surface area contributed by atoms with Gasteiger partial charge in [0, 0.05) is 0 Å². The second-order valence-corrected chi connectivity index (χ2v) is 4.45. The molecule has 1 unspecified atom stereocenters. The number of ether oxygens (including phenoxy) is 1. The van der Waals surface area contributed by atoms with E-state index in [1.165, 1.54) is 12.1 Å². The van der Waals surface area contributed by atoms with Crippen molar-refractivity contribution in [3.05, 3.63) is 28.0 Å². The van der Waals surface area contributed by atoms with Gasteiger partial charge in [0.05, 0.1) is 16.1 Å². The van der Waals surface area contributed by atoms with E-state index >= 15 is 0 Å². The standard InChI is InChI=1S/C12H13BrFNO/c1-3-4-8(2)16-12-6-10(13)11(14)5-9(12)7-15/h5-6,8H,3-4H2,1-2H3. The highest BCUT2D eigenvalue weighted by atomic mass is 79.9. The summed E-state index contributed by atoms with van der Waals surface area (Å²) < 4.78 is 19.1. The van der Waals surface area contributed by atoms with Crippen LogP contribution in [0, 0.1) is 17.1 Å². The van der Waals surface area contributed by atoms with Gasteiger partial charge < -0.3 is 4.74 Å². The van der Waals surface area contributed by atoms with E-state index in [2.05, 4.69) is 22.9 Å². The average molecular weight is 286 g/mol. The van der Waals surface area contributed by atoms with E-state index in [1.54, 1.807) is 0 Å². The first kappa shape index (κ1) is 13.0. The maximum atomic E-state index is 13.2. The Morgan fingerprint density at radius 2 is 2.25 bits per heavy atom. The summed E-state index contributed by atoms with van der Waals surface area (Å²) in [5.74, 6) is -0.0243. The predicted molar refractivity (Wildman–Crippen MR) is 63.8 cm³/mol. The summed E-state index contributed by atoms with van der Waals surface area (Å²) >= 11 is 3.07. The van der Waals surface area contributed by atoms with Crippen LogP contribution in [0.25, 0.3) is 0 Å².